The van der Waals surface area contributed by atoms with Gasteiger partial charge in [-0.05, 0) is 42.7 Å². The average Bonchev–Trinajstić information content (AvgIpc) is 3.39. The molecule has 1 saturated heterocycles. The Morgan fingerprint density at radius 3 is 2.78 bits per heavy atom. The molecular weight excluding hydrogens is 549 g/mol. The highest BCUT2D eigenvalue weighted by Gasteiger charge is 2.21. The van der Waals surface area contributed by atoms with Crippen LogP contribution in [0.3, 0.4) is 0 Å². The van der Waals surface area contributed by atoms with E-state index < -0.39 is 0 Å². The van der Waals surface area contributed by atoms with Crippen LogP contribution >= 0.6 is 46.3 Å². The third-order valence-corrected chi connectivity index (χ3v) is 8.87. The van der Waals surface area contributed by atoms with Gasteiger partial charge >= 0.3 is 0 Å². The molecule has 0 saturated carbocycles. The van der Waals surface area contributed by atoms with Gasteiger partial charge in [-0.3, -0.25) is 9.69 Å². The number of carbonyl (C=O) groups is 1. The number of benzene rings is 2. The van der Waals surface area contributed by atoms with Gasteiger partial charge in [-0.1, -0.05) is 53.2 Å². The lowest BCUT2D eigenvalue weighted by molar-refractivity contribution is -0.119. The molecule has 0 radical (unpaired) electrons. The van der Waals surface area contributed by atoms with E-state index in [1.165, 1.54) is 23.1 Å². The van der Waals surface area contributed by atoms with Gasteiger partial charge in [0, 0.05) is 54.9 Å². The van der Waals surface area contributed by atoms with Crippen LogP contribution in [0.1, 0.15) is 18.4 Å². The van der Waals surface area contributed by atoms with E-state index in [0.29, 0.717) is 22.3 Å². The number of nitrogens with zero attached hydrogens (tertiary/aromatic N) is 2. The molecule has 7 nitrogen and oxygen atoms in total. The molecule has 198 valence electrons. The van der Waals surface area contributed by atoms with Crippen molar-refractivity contribution in [1.82, 2.24) is 15.2 Å². The van der Waals surface area contributed by atoms with Crippen molar-refractivity contribution < 1.29 is 9.90 Å². The first-order valence-electron chi connectivity index (χ1n) is 12.1. The Morgan fingerprint density at radius 1 is 1.22 bits per heavy atom. The second-order valence-corrected chi connectivity index (χ2v) is 12.0. The summed E-state index contributed by atoms with van der Waals surface area (Å²) < 4.78 is 0.863. The molecule has 1 aliphatic heterocycles. The summed E-state index contributed by atoms with van der Waals surface area (Å²) in [5.74, 6) is 0.382. The SMILES string of the molecule is NC(CO)CNc1cccc(-c2csc(SCC(=O)NC3CCN(Cc4ccc(Cl)c(Cl)c4)CC3)n2)c1. The summed E-state index contributed by atoms with van der Waals surface area (Å²) in [6.45, 7) is 3.10. The Bertz CT molecular complexity index is 1190. The molecule has 37 heavy (non-hydrogen) atoms. The number of hydrogen-bond donors (Lipinski definition) is 4. The normalized spacial score (nSPS) is 15.5. The highest BCUT2D eigenvalue weighted by molar-refractivity contribution is 8.01. The molecule has 0 aliphatic carbocycles. The third kappa shape index (κ3) is 8.58. The predicted octanol–water partition coefficient (Wildman–Crippen LogP) is 4.72. The summed E-state index contributed by atoms with van der Waals surface area (Å²) in [5.41, 5.74) is 9.69. The molecule has 2 aromatic carbocycles. The fourth-order valence-corrected chi connectivity index (χ4v) is 6.05. The summed E-state index contributed by atoms with van der Waals surface area (Å²) in [4.78, 5) is 19.6. The largest absolute Gasteiger partial charge is 0.395 e. The zero-order valence-corrected chi connectivity index (χ0v) is 23.5. The number of aliphatic hydroxyl groups is 1. The van der Waals surface area contributed by atoms with Crippen LogP contribution in [0.15, 0.2) is 52.2 Å². The highest BCUT2D eigenvalue weighted by Crippen LogP contribution is 2.29. The number of likely N-dealkylation sites (tertiary alicyclic amines) is 1. The smallest absolute Gasteiger partial charge is 0.230 e. The second-order valence-electron chi connectivity index (χ2n) is 9.06. The minimum Gasteiger partial charge on any atom is -0.395 e. The fraction of sp³-hybridized carbons (Fsp3) is 0.385. The Labute approximate surface area is 235 Å². The molecule has 0 bridgehead atoms. The van der Waals surface area contributed by atoms with Crippen molar-refractivity contribution in [3.63, 3.8) is 0 Å². The lowest BCUT2D eigenvalue weighted by atomic mass is 10.0. The number of aliphatic hydroxyl groups excluding tert-OH is 1. The molecule has 2 heterocycles. The van der Waals surface area contributed by atoms with E-state index in [4.69, 9.17) is 39.0 Å². The Kier molecular flexibility index (Phi) is 10.5. The van der Waals surface area contributed by atoms with E-state index in [1.807, 2.05) is 47.8 Å². The van der Waals surface area contributed by atoms with Crippen molar-refractivity contribution in [2.24, 2.45) is 5.73 Å². The minimum absolute atomic E-state index is 0.0381. The number of piperidine rings is 1. The molecule has 4 rings (SSSR count). The molecule has 5 N–H and O–H groups in total. The fourth-order valence-electron chi connectivity index (χ4n) is 4.09. The Balaban J connectivity index is 1.19. The number of carbonyl (C=O) groups excluding carboxylic acids is 1. The van der Waals surface area contributed by atoms with E-state index in [2.05, 4.69) is 15.5 Å². The molecule has 1 aromatic heterocycles. The van der Waals surface area contributed by atoms with Crippen LogP contribution in [0.4, 0.5) is 5.69 Å². The highest BCUT2D eigenvalue weighted by atomic mass is 35.5. The molecule has 1 amide bonds. The topological polar surface area (TPSA) is 104 Å². The number of thiazole rings is 1. The van der Waals surface area contributed by atoms with Crippen molar-refractivity contribution in [1.29, 1.82) is 0 Å². The predicted molar refractivity (Wildman–Crippen MR) is 155 cm³/mol. The lowest BCUT2D eigenvalue weighted by Crippen LogP contribution is -2.44. The van der Waals surface area contributed by atoms with Gasteiger partial charge in [0.15, 0.2) is 4.34 Å². The number of anilines is 1. The quantitative estimate of drug-likeness (QED) is 0.244. The first-order valence-corrected chi connectivity index (χ1v) is 14.8. The van der Waals surface area contributed by atoms with Crippen LogP contribution in [-0.4, -0.2) is 65.0 Å². The molecule has 1 unspecified atom stereocenters. The number of thioether (sulfide) groups is 1. The van der Waals surface area contributed by atoms with Crippen LogP contribution in [0.25, 0.3) is 11.3 Å². The van der Waals surface area contributed by atoms with E-state index >= 15 is 0 Å². The van der Waals surface area contributed by atoms with Crippen molar-refractivity contribution in [2.45, 2.75) is 35.8 Å². The molecular formula is C26H31Cl2N5O2S2. The van der Waals surface area contributed by atoms with Crippen molar-refractivity contribution in [3.8, 4) is 11.3 Å². The van der Waals surface area contributed by atoms with Gasteiger partial charge in [0.05, 0.1) is 28.1 Å². The summed E-state index contributed by atoms with van der Waals surface area (Å²) in [6.07, 6.45) is 1.85. The number of hydrogen-bond acceptors (Lipinski definition) is 8. The Hall–Kier alpha value is -1.85. The van der Waals surface area contributed by atoms with E-state index in [1.54, 1.807) is 0 Å². The van der Waals surface area contributed by atoms with Gasteiger partial charge in [-0.2, -0.15) is 0 Å². The van der Waals surface area contributed by atoms with Crippen molar-refractivity contribution in [3.05, 3.63) is 63.5 Å². The molecule has 3 aromatic rings. The number of rotatable bonds is 11. The third-order valence-electron chi connectivity index (χ3n) is 6.11. The van der Waals surface area contributed by atoms with Crippen LogP contribution in [-0.2, 0) is 11.3 Å². The Morgan fingerprint density at radius 2 is 2.03 bits per heavy atom. The number of nitrogens with one attached hydrogen (secondary N) is 2. The van der Waals surface area contributed by atoms with Crippen LogP contribution in [0, 0.1) is 0 Å². The first kappa shape index (κ1) is 28.2. The summed E-state index contributed by atoms with van der Waals surface area (Å²) in [7, 11) is 0. The molecule has 0 spiro atoms. The summed E-state index contributed by atoms with van der Waals surface area (Å²) >= 11 is 15.1. The number of amides is 1. The average molecular weight is 581 g/mol. The maximum Gasteiger partial charge on any atom is 0.230 e. The maximum atomic E-state index is 12.6. The van der Waals surface area contributed by atoms with Gasteiger partial charge in [-0.15, -0.1) is 11.3 Å². The van der Waals surface area contributed by atoms with Gasteiger partial charge in [0.2, 0.25) is 5.91 Å². The molecule has 1 aliphatic rings. The van der Waals surface area contributed by atoms with Crippen LogP contribution in [0.2, 0.25) is 10.0 Å². The summed E-state index contributed by atoms with van der Waals surface area (Å²) in [6, 6.07) is 13.6. The van der Waals surface area contributed by atoms with Gasteiger partial charge in [0.25, 0.3) is 0 Å². The van der Waals surface area contributed by atoms with Gasteiger partial charge in [0.1, 0.15) is 0 Å². The molecule has 1 fully saturated rings. The van der Waals surface area contributed by atoms with E-state index in [0.717, 1.165) is 59.3 Å². The number of nitrogens with two attached hydrogens (primary N) is 1. The zero-order valence-electron chi connectivity index (χ0n) is 20.3. The van der Waals surface area contributed by atoms with Crippen LogP contribution < -0.4 is 16.4 Å². The monoisotopic (exact) mass is 579 g/mol. The van der Waals surface area contributed by atoms with Crippen molar-refractivity contribution >= 4 is 57.9 Å². The van der Waals surface area contributed by atoms with E-state index in [-0.39, 0.29) is 24.6 Å². The second kappa shape index (κ2) is 13.8. The van der Waals surface area contributed by atoms with Crippen LogP contribution in [0.5, 0.6) is 0 Å². The van der Waals surface area contributed by atoms with Gasteiger partial charge in [-0.25, -0.2) is 4.98 Å². The van der Waals surface area contributed by atoms with Crippen molar-refractivity contribution in [2.75, 3.05) is 37.3 Å². The van der Waals surface area contributed by atoms with Gasteiger partial charge < -0.3 is 21.5 Å². The molecule has 11 heteroatoms. The zero-order chi connectivity index (χ0) is 26.2. The summed E-state index contributed by atoms with van der Waals surface area (Å²) in [5, 5.41) is 18.7. The lowest BCUT2D eigenvalue weighted by Gasteiger charge is -2.32. The van der Waals surface area contributed by atoms with E-state index in [9.17, 15) is 4.79 Å². The minimum atomic E-state index is -0.307. The maximum absolute atomic E-state index is 12.6. The molecule has 1 atom stereocenters. The standard InChI is InChI=1S/C26H31Cl2N5O2S2/c27-22-5-4-17(10-23(22)28)13-33-8-6-20(7-9-33)31-25(35)16-37-26-32-24(15-36-26)18-2-1-3-21(11-18)30-12-19(29)14-34/h1-5,10-11,15,19-20,30,34H,6-9,12-14,16,29H2,(H,31,35). The first-order chi connectivity index (χ1) is 17.9. The number of halogens is 2. The number of aromatic nitrogens is 1.